The fourth-order valence-electron chi connectivity index (χ4n) is 2.13. The molecule has 28 heavy (non-hydrogen) atoms. The number of carbonyl (C=O) groups is 1. The predicted molar refractivity (Wildman–Crippen MR) is 110 cm³/mol. The molecule has 0 heterocycles. The lowest BCUT2D eigenvalue weighted by atomic mass is 10.2. The van der Waals surface area contributed by atoms with Crippen LogP contribution in [-0.4, -0.2) is 31.9 Å². The molecule has 0 radical (unpaired) electrons. The van der Waals surface area contributed by atoms with E-state index in [1.54, 1.807) is 37.3 Å². The van der Waals surface area contributed by atoms with E-state index in [1.807, 2.05) is 0 Å². The van der Waals surface area contributed by atoms with Crippen LogP contribution < -0.4 is 19.6 Å². The van der Waals surface area contributed by atoms with Gasteiger partial charge in [-0.2, -0.15) is 5.10 Å². The van der Waals surface area contributed by atoms with Gasteiger partial charge in [0.1, 0.15) is 12.4 Å². The molecule has 0 aliphatic carbocycles. The first-order valence-electron chi connectivity index (χ1n) is 8.14. The topological polar surface area (TPSA) is 69.2 Å². The summed E-state index contributed by atoms with van der Waals surface area (Å²) in [5.41, 5.74) is 2.99. The van der Waals surface area contributed by atoms with Crippen LogP contribution in [0.25, 0.3) is 0 Å². The number of amides is 1. The number of para-hydroxylation sites is 1. The van der Waals surface area contributed by atoms with Gasteiger partial charge in [0, 0.05) is 10.6 Å². The summed E-state index contributed by atoms with van der Waals surface area (Å²) in [7, 11) is 1.52. The summed E-state index contributed by atoms with van der Waals surface area (Å²) in [5.74, 6) is 3.20. The molecule has 0 fully saturated rings. The number of hydrogen-bond donors (Lipinski definition) is 1. The lowest BCUT2D eigenvalue weighted by Gasteiger charge is -2.14. The number of hydrazone groups is 1. The van der Waals surface area contributed by atoms with Crippen LogP contribution in [0.15, 0.2) is 41.5 Å². The monoisotopic (exact) mass is 420 g/mol. The quantitative estimate of drug-likeness (QED) is 0.399. The van der Waals surface area contributed by atoms with Crippen LogP contribution >= 0.6 is 23.2 Å². The summed E-state index contributed by atoms with van der Waals surface area (Å²) in [6, 6.07) is 9.97. The molecule has 1 amide bonds. The Kier molecular flexibility index (Phi) is 8.00. The van der Waals surface area contributed by atoms with Crippen LogP contribution in [0.3, 0.4) is 0 Å². The molecule has 0 spiro atoms. The highest BCUT2D eigenvalue weighted by atomic mass is 35.5. The van der Waals surface area contributed by atoms with Crippen LogP contribution in [0.5, 0.6) is 17.2 Å². The Hall–Kier alpha value is -2.88. The Bertz CT molecular complexity index is 910. The van der Waals surface area contributed by atoms with Gasteiger partial charge in [0.2, 0.25) is 0 Å². The van der Waals surface area contributed by atoms with Gasteiger partial charge in [-0.25, -0.2) is 5.43 Å². The van der Waals surface area contributed by atoms with E-state index in [-0.39, 0.29) is 6.61 Å². The van der Waals surface area contributed by atoms with E-state index >= 15 is 0 Å². The fraction of sp³-hybridized carbons (Fsp3) is 0.200. The summed E-state index contributed by atoms with van der Waals surface area (Å²) in [4.78, 5) is 12.2. The molecule has 2 rings (SSSR count). The summed E-state index contributed by atoms with van der Waals surface area (Å²) < 4.78 is 16.3. The molecule has 0 aromatic heterocycles. The van der Waals surface area contributed by atoms with Crippen molar-refractivity contribution in [2.75, 3.05) is 13.7 Å². The molecule has 146 valence electrons. The molecule has 6 nitrogen and oxygen atoms in total. The van der Waals surface area contributed by atoms with Crippen molar-refractivity contribution >= 4 is 35.3 Å². The molecule has 2 aromatic carbocycles. The molecule has 0 unspecified atom stereocenters. The van der Waals surface area contributed by atoms with Crippen molar-refractivity contribution in [2.45, 2.75) is 13.0 Å². The van der Waals surface area contributed by atoms with E-state index in [0.717, 1.165) is 0 Å². The number of ether oxygens (including phenoxy) is 3. The second-order valence-electron chi connectivity index (χ2n) is 5.44. The van der Waals surface area contributed by atoms with Gasteiger partial charge < -0.3 is 14.2 Å². The van der Waals surface area contributed by atoms with Crippen molar-refractivity contribution in [1.29, 1.82) is 0 Å². The van der Waals surface area contributed by atoms with Crippen molar-refractivity contribution in [3.05, 3.63) is 52.0 Å². The first-order valence-corrected chi connectivity index (χ1v) is 8.89. The summed E-state index contributed by atoms with van der Waals surface area (Å²) in [6.45, 7) is 1.64. The third-order valence-electron chi connectivity index (χ3n) is 3.47. The van der Waals surface area contributed by atoms with E-state index in [1.165, 1.54) is 19.4 Å². The van der Waals surface area contributed by atoms with Gasteiger partial charge in [0.15, 0.2) is 17.6 Å². The normalized spacial score (nSPS) is 11.5. The van der Waals surface area contributed by atoms with E-state index in [4.69, 9.17) is 43.8 Å². The lowest BCUT2D eigenvalue weighted by Crippen LogP contribution is -2.33. The van der Waals surface area contributed by atoms with Gasteiger partial charge in [-0.1, -0.05) is 35.2 Å². The van der Waals surface area contributed by atoms with E-state index < -0.39 is 12.0 Å². The maximum absolute atomic E-state index is 12.2. The minimum Gasteiger partial charge on any atom is -0.493 e. The first-order chi connectivity index (χ1) is 13.5. The fourth-order valence-corrected chi connectivity index (χ4v) is 2.59. The first kappa shape index (κ1) is 21.4. The van der Waals surface area contributed by atoms with Crippen molar-refractivity contribution < 1.29 is 19.0 Å². The van der Waals surface area contributed by atoms with Gasteiger partial charge in [-0.3, -0.25) is 4.79 Å². The van der Waals surface area contributed by atoms with Crippen LogP contribution in [0.2, 0.25) is 10.0 Å². The van der Waals surface area contributed by atoms with Crippen LogP contribution in [0.1, 0.15) is 12.5 Å². The average Bonchev–Trinajstić information content (AvgIpc) is 2.68. The number of terminal acetylenes is 1. The minimum atomic E-state index is -0.835. The molecule has 0 saturated heterocycles. The predicted octanol–water partition coefficient (Wildman–Crippen LogP) is 3.93. The van der Waals surface area contributed by atoms with E-state index in [9.17, 15) is 4.79 Å². The number of nitrogens with one attached hydrogen (secondary N) is 1. The molecule has 8 heteroatoms. The number of rotatable bonds is 8. The molecular formula is C20H18Cl2N2O4. The van der Waals surface area contributed by atoms with Crippen molar-refractivity contribution in [3.63, 3.8) is 0 Å². The average molecular weight is 421 g/mol. The second-order valence-corrected chi connectivity index (χ2v) is 6.28. The molecule has 1 atom stereocenters. The maximum Gasteiger partial charge on any atom is 0.280 e. The number of benzene rings is 2. The van der Waals surface area contributed by atoms with Crippen LogP contribution in [0, 0.1) is 12.3 Å². The van der Waals surface area contributed by atoms with E-state index in [2.05, 4.69) is 16.4 Å². The molecule has 0 aliphatic rings. The highest BCUT2D eigenvalue weighted by Crippen LogP contribution is 2.30. The largest absolute Gasteiger partial charge is 0.493 e. The number of hydrogen-bond acceptors (Lipinski definition) is 5. The van der Waals surface area contributed by atoms with Crippen LogP contribution in [0.4, 0.5) is 0 Å². The molecule has 1 N–H and O–H groups in total. The van der Waals surface area contributed by atoms with Crippen LogP contribution in [-0.2, 0) is 4.79 Å². The maximum atomic E-state index is 12.2. The molecular weight excluding hydrogens is 403 g/mol. The van der Waals surface area contributed by atoms with E-state index in [0.29, 0.717) is 32.9 Å². The number of carbonyl (C=O) groups excluding carboxylic acids is 1. The Morgan fingerprint density at radius 1 is 1.32 bits per heavy atom. The third kappa shape index (κ3) is 5.81. The van der Waals surface area contributed by atoms with Gasteiger partial charge in [0.05, 0.1) is 18.3 Å². The Morgan fingerprint density at radius 2 is 2.11 bits per heavy atom. The second kappa shape index (κ2) is 10.5. The highest BCUT2D eigenvalue weighted by Gasteiger charge is 2.16. The molecule has 0 saturated carbocycles. The zero-order valence-corrected chi connectivity index (χ0v) is 16.8. The minimum absolute atomic E-state index is 0.0697. The molecule has 0 bridgehead atoms. The number of nitrogens with zero attached hydrogens (tertiary/aromatic N) is 1. The van der Waals surface area contributed by atoms with Crippen molar-refractivity contribution in [3.8, 4) is 29.6 Å². The third-order valence-corrected chi connectivity index (χ3v) is 4.00. The van der Waals surface area contributed by atoms with Crippen molar-refractivity contribution in [1.82, 2.24) is 5.43 Å². The van der Waals surface area contributed by atoms with Crippen molar-refractivity contribution in [2.24, 2.45) is 5.10 Å². The number of halogens is 2. The zero-order valence-electron chi connectivity index (χ0n) is 15.2. The zero-order chi connectivity index (χ0) is 20.5. The highest BCUT2D eigenvalue weighted by molar-refractivity contribution is 6.35. The Morgan fingerprint density at radius 3 is 2.79 bits per heavy atom. The Labute approximate surface area is 173 Å². The molecule has 0 aliphatic heterocycles. The van der Waals surface area contributed by atoms with Gasteiger partial charge >= 0.3 is 0 Å². The summed E-state index contributed by atoms with van der Waals surface area (Å²) >= 11 is 11.9. The Balaban J connectivity index is 2.03. The van der Waals surface area contributed by atoms with Gasteiger partial charge in [-0.05, 0) is 37.3 Å². The SMILES string of the molecule is C#CCOc1c(C=NNC(=O)[C@H](C)Oc2ccc(Cl)cc2Cl)cccc1OC. The van der Waals surface area contributed by atoms with Gasteiger partial charge in [0.25, 0.3) is 5.91 Å². The smallest absolute Gasteiger partial charge is 0.280 e. The summed E-state index contributed by atoms with van der Waals surface area (Å²) in [6.07, 6.45) is 5.83. The number of methoxy groups -OCH3 is 1. The summed E-state index contributed by atoms with van der Waals surface area (Å²) in [5, 5.41) is 4.72. The van der Waals surface area contributed by atoms with Gasteiger partial charge in [-0.15, -0.1) is 6.42 Å². The molecule has 2 aromatic rings. The standard InChI is InChI=1S/C20H18Cl2N2O4/c1-4-10-27-19-14(6-5-7-18(19)26-3)12-23-24-20(25)13(2)28-17-9-8-15(21)11-16(17)22/h1,5-9,11-13H,10H2,2-3H3,(H,24,25)/t13-/m0/s1. The lowest BCUT2D eigenvalue weighted by molar-refractivity contribution is -0.127.